The maximum Gasteiger partial charge on any atom is 0.166 e. The highest BCUT2D eigenvalue weighted by Gasteiger charge is 2.39. The highest BCUT2D eigenvalue weighted by atomic mass is 32.1. The summed E-state index contributed by atoms with van der Waals surface area (Å²) >= 11 is 5.43. The Hall–Kier alpha value is -1.49. The number of thiocarbonyl (C=S) groups is 1. The first-order valence-electron chi connectivity index (χ1n) is 8.21. The van der Waals surface area contributed by atoms with E-state index in [9.17, 15) is 0 Å². The van der Waals surface area contributed by atoms with E-state index in [4.69, 9.17) is 21.7 Å². The van der Waals surface area contributed by atoms with E-state index in [1.165, 1.54) is 25.7 Å². The van der Waals surface area contributed by atoms with Crippen LogP contribution in [0.4, 0.5) is 0 Å². The Morgan fingerprint density at radius 1 is 1.18 bits per heavy atom. The van der Waals surface area contributed by atoms with Crippen LogP contribution < -0.4 is 20.1 Å². The van der Waals surface area contributed by atoms with Gasteiger partial charge in [0.2, 0.25) is 0 Å². The van der Waals surface area contributed by atoms with E-state index in [2.05, 4.69) is 10.6 Å². The largest absolute Gasteiger partial charge is 0.486 e. The topological polar surface area (TPSA) is 42.5 Å². The lowest BCUT2D eigenvalue weighted by atomic mass is 9.96. The van der Waals surface area contributed by atoms with Gasteiger partial charge >= 0.3 is 0 Å². The Kier molecular flexibility index (Phi) is 3.82. The predicted octanol–water partition coefficient (Wildman–Crippen LogP) is 2.48. The first-order valence-corrected chi connectivity index (χ1v) is 8.61. The lowest BCUT2D eigenvalue weighted by Crippen LogP contribution is -2.48. The average Bonchev–Trinajstić information content (AvgIpc) is 3.15. The second-order valence-corrected chi connectivity index (χ2v) is 7.04. The molecule has 2 bridgehead atoms. The van der Waals surface area contributed by atoms with Gasteiger partial charge in [-0.1, -0.05) is 18.6 Å². The SMILES string of the molecule is S=C(NC[C@H]1COc2ccccc2O1)N[C@@H]1C[C@H]2CC[C@H]1C2. The number of nitrogens with one attached hydrogen (secondary N) is 2. The zero-order valence-corrected chi connectivity index (χ0v) is 13.4. The van der Waals surface area contributed by atoms with Crippen LogP contribution in [0.5, 0.6) is 11.5 Å². The van der Waals surface area contributed by atoms with Crippen LogP contribution in [0, 0.1) is 11.8 Å². The summed E-state index contributed by atoms with van der Waals surface area (Å²) in [5.41, 5.74) is 0. The molecule has 5 heteroatoms. The minimum absolute atomic E-state index is 0.00493. The number of hydrogen-bond donors (Lipinski definition) is 2. The number of ether oxygens (including phenoxy) is 2. The summed E-state index contributed by atoms with van der Waals surface area (Å²) in [5.74, 6) is 3.39. The fraction of sp³-hybridized carbons (Fsp3) is 0.588. The van der Waals surface area contributed by atoms with Crippen LogP contribution in [0.15, 0.2) is 24.3 Å². The van der Waals surface area contributed by atoms with Gasteiger partial charge in [-0.05, 0) is 55.4 Å². The normalized spacial score (nSPS) is 31.8. The molecule has 22 heavy (non-hydrogen) atoms. The molecule has 1 heterocycles. The molecule has 0 aromatic heterocycles. The van der Waals surface area contributed by atoms with E-state index in [0.717, 1.165) is 28.4 Å². The minimum atomic E-state index is -0.00493. The van der Waals surface area contributed by atoms with E-state index in [0.29, 0.717) is 19.2 Å². The summed E-state index contributed by atoms with van der Waals surface area (Å²) in [6.07, 6.45) is 5.44. The summed E-state index contributed by atoms with van der Waals surface area (Å²) < 4.78 is 11.6. The molecule has 0 amide bonds. The Balaban J connectivity index is 1.24. The zero-order chi connectivity index (χ0) is 14.9. The van der Waals surface area contributed by atoms with Gasteiger partial charge in [-0.15, -0.1) is 0 Å². The molecular weight excluding hydrogens is 296 g/mol. The van der Waals surface area contributed by atoms with Crippen molar-refractivity contribution in [3.8, 4) is 11.5 Å². The second-order valence-electron chi connectivity index (χ2n) is 6.63. The van der Waals surface area contributed by atoms with Crippen LogP contribution in [-0.4, -0.2) is 30.4 Å². The third kappa shape index (κ3) is 2.86. The van der Waals surface area contributed by atoms with Crippen molar-refractivity contribution in [2.75, 3.05) is 13.2 Å². The van der Waals surface area contributed by atoms with Gasteiger partial charge in [0.15, 0.2) is 16.6 Å². The first kappa shape index (κ1) is 14.1. The number of fused-ring (bicyclic) bond motifs is 3. The fourth-order valence-electron chi connectivity index (χ4n) is 4.01. The zero-order valence-electron chi connectivity index (χ0n) is 12.6. The molecule has 1 aromatic rings. The molecule has 0 saturated heterocycles. The highest BCUT2D eigenvalue weighted by molar-refractivity contribution is 7.80. The number of hydrogen-bond acceptors (Lipinski definition) is 3. The van der Waals surface area contributed by atoms with Crippen molar-refractivity contribution >= 4 is 17.3 Å². The molecule has 4 rings (SSSR count). The van der Waals surface area contributed by atoms with Crippen LogP contribution >= 0.6 is 12.2 Å². The Morgan fingerprint density at radius 3 is 2.82 bits per heavy atom. The van der Waals surface area contributed by atoms with Crippen LogP contribution in [0.25, 0.3) is 0 Å². The van der Waals surface area contributed by atoms with Crippen molar-refractivity contribution in [1.82, 2.24) is 10.6 Å². The minimum Gasteiger partial charge on any atom is -0.486 e. The molecule has 1 aromatic carbocycles. The van der Waals surface area contributed by atoms with Crippen LogP contribution in [0.3, 0.4) is 0 Å². The van der Waals surface area contributed by atoms with E-state index in [-0.39, 0.29) is 6.10 Å². The summed E-state index contributed by atoms with van der Waals surface area (Å²) in [7, 11) is 0. The van der Waals surface area contributed by atoms with Crippen molar-refractivity contribution in [3.63, 3.8) is 0 Å². The molecule has 1 aliphatic heterocycles. The number of para-hydroxylation sites is 2. The molecule has 4 atom stereocenters. The van der Waals surface area contributed by atoms with Crippen molar-refractivity contribution in [2.45, 2.75) is 37.8 Å². The summed E-state index contributed by atoms with van der Waals surface area (Å²) in [5, 5.41) is 7.53. The van der Waals surface area contributed by atoms with Gasteiger partial charge < -0.3 is 20.1 Å². The molecule has 0 radical (unpaired) electrons. The maximum absolute atomic E-state index is 5.93. The molecule has 3 aliphatic rings. The van der Waals surface area contributed by atoms with Gasteiger partial charge in [-0.25, -0.2) is 0 Å². The lowest BCUT2D eigenvalue weighted by molar-refractivity contribution is 0.0937. The van der Waals surface area contributed by atoms with Crippen LogP contribution in [-0.2, 0) is 0 Å². The maximum atomic E-state index is 5.93. The Morgan fingerprint density at radius 2 is 2.05 bits per heavy atom. The van der Waals surface area contributed by atoms with Crippen molar-refractivity contribution in [2.24, 2.45) is 11.8 Å². The molecule has 2 saturated carbocycles. The Bertz CT molecular complexity index is 565. The van der Waals surface area contributed by atoms with Gasteiger partial charge in [0.25, 0.3) is 0 Å². The van der Waals surface area contributed by atoms with Crippen molar-refractivity contribution in [1.29, 1.82) is 0 Å². The molecule has 4 nitrogen and oxygen atoms in total. The molecular formula is C17H22N2O2S. The smallest absolute Gasteiger partial charge is 0.166 e. The third-order valence-electron chi connectivity index (χ3n) is 5.11. The Labute approximate surface area is 136 Å². The highest BCUT2D eigenvalue weighted by Crippen LogP contribution is 2.44. The number of rotatable bonds is 3. The average molecular weight is 318 g/mol. The third-order valence-corrected chi connectivity index (χ3v) is 5.37. The van der Waals surface area contributed by atoms with E-state index in [1.54, 1.807) is 0 Å². The standard InChI is InChI=1S/C17H22N2O2S/c22-17(19-14-8-11-5-6-12(14)7-11)18-9-13-10-20-15-3-1-2-4-16(15)21-13/h1-4,11-14H,5-10H2,(H2,18,19,22)/t11-,12-,13-,14+/m0/s1. The molecule has 2 aliphatic carbocycles. The van der Waals surface area contributed by atoms with Crippen LogP contribution in [0.1, 0.15) is 25.7 Å². The van der Waals surface area contributed by atoms with Gasteiger partial charge in [0.05, 0.1) is 6.54 Å². The number of benzene rings is 1. The summed E-state index contributed by atoms with van der Waals surface area (Å²) in [6, 6.07) is 8.35. The first-order chi connectivity index (χ1) is 10.8. The quantitative estimate of drug-likeness (QED) is 0.838. The fourth-order valence-corrected chi connectivity index (χ4v) is 4.25. The molecule has 2 fully saturated rings. The molecule has 2 N–H and O–H groups in total. The van der Waals surface area contributed by atoms with Crippen molar-refractivity contribution in [3.05, 3.63) is 24.3 Å². The molecule has 118 valence electrons. The van der Waals surface area contributed by atoms with E-state index >= 15 is 0 Å². The van der Waals surface area contributed by atoms with Gasteiger partial charge in [0, 0.05) is 6.04 Å². The summed E-state index contributed by atoms with van der Waals surface area (Å²) in [4.78, 5) is 0. The van der Waals surface area contributed by atoms with E-state index in [1.807, 2.05) is 24.3 Å². The molecule has 0 spiro atoms. The van der Waals surface area contributed by atoms with Gasteiger partial charge in [0.1, 0.15) is 12.7 Å². The van der Waals surface area contributed by atoms with E-state index < -0.39 is 0 Å². The molecule has 0 unspecified atom stereocenters. The van der Waals surface area contributed by atoms with Crippen molar-refractivity contribution < 1.29 is 9.47 Å². The predicted molar refractivity (Wildman–Crippen MR) is 89.3 cm³/mol. The summed E-state index contributed by atoms with van der Waals surface area (Å²) in [6.45, 7) is 1.22. The van der Waals surface area contributed by atoms with Crippen LogP contribution in [0.2, 0.25) is 0 Å². The monoisotopic (exact) mass is 318 g/mol. The lowest BCUT2D eigenvalue weighted by Gasteiger charge is -2.28. The van der Waals surface area contributed by atoms with Gasteiger partial charge in [-0.2, -0.15) is 0 Å². The second kappa shape index (κ2) is 5.95. The van der Waals surface area contributed by atoms with Gasteiger partial charge in [-0.3, -0.25) is 0 Å².